The highest BCUT2D eigenvalue weighted by atomic mass is 35.5. The molecule has 2 atom stereocenters. The van der Waals surface area contributed by atoms with Gasteiger partial charge in [0, 0.05) is 19.0 Å². The van der Waals surface area contributed by atoms with Crippen molar-refractivity contribution in [2.24, 2.45) is 11.7 Å². The van der Waals surface area contributed by atoms with E-state index >= 15 is 0 Å². The Kier molecular flexibility index (Phi) is 9.04. The predicted molar refractivity (Wildman–Crippen MR) is 113 cm³/mol. The van der Waals surface area contributed by atoms with Crippen molar-refractivity contribution in [3.05, 3.63) is 51.5 Å². The summed E-state index contributed by atoms with van der Waals surface area (Å²) in [5.41, 5.74) is 8.12. The van der Waals surface area contributed by atoms with Gasteiger partial charge in [-0.3, -0.25) is 4.79 Å². The Labute approximate surface area is 172 Å². The summed E-state index contributed by atoms with van der Waals surface area (Å²) in [6.07, 6.45) is 1.99. The van der Waals surface area contributed by atoms with Crippen molar-refractivity contribution >= 4 is 42.1 Å². The standard InChI is InChI=1S/C19H25N3OS.2ClH/c1-3-7-17-21-13(2)18(24-17)19(23)22-11-15(10-20)16(12-22)14-8-5-4-6-9-14;;/h4-6,8-9,15-16H,3,7,10-12,20H2,1-2H3;2*1H/t15-,16+;;/m1../s1. The zero-order valence-electron chi connectivity index (χ0n) is 15.2. The van der Waals surface area contributed by atoms with Gasteiger partial charge in [-0.05, 0) is 37.8 Å². The van der Waals surface area contributed by atoms with Crippen LogP contribution in [0.3, 0.4) is 0 Å². The van der Waals surface area contributed by atoms with Gasteiger partial charge in [0.1, 0.15) is 4.88 Å². The predicted octanol–water partition coefficient (Wildman–Crippen LogP) is 4.06. The molecule has 1 aliphatic rings. The fourth-order valence-corrected chi connectivity index (χ4v) is 4.60. The van der Waals surface area contributed by atoms with Gasteiger partial charge in [-0.1, -0.05) is 37.3 Å². The number of rotatable bonds is 5. The van der Waals surface area contributed by atoms with E-state index in [0.717, 1.165) is 41.5 Å². The molecule has 26 heavy (non-hydrogen) atoms. The molecule has 144 valence electrons. The third-order valence-electron chi connectivity index (χ3n) is 4.76. The van der Waals surface area contributed by atoms with Gasteiger partial charge in [-0.15, -0.1) is 36.2 Å². The Morgan fingerprint density at radius 2 is 1.96 bits per heavy atom. The number of halogens is 2. The van der Waals surface area contributed by atoms with E-state index in [1.165, 1.54) is 5.56 Å². The minimum absolute atomic E-state index is 0. The van der Waals surface area contributed by atoms with Gasteiger partial charge in [-0.2, -0.15) is 0 Å². The molecular formula is C19H27Cl2N3OS. The summed E-state index contributed by atoms with van der Waals surface area (Å²) in [7, 11) is 0. The van der Waals surface area contributed by atoms with Crippen LogP contribution < -0.4 is 5.73 Å². The number of amides is 1. The highest BCUT2D eigenvalue weighted by molar-refractivity contribution is 7.13. The van der Waals surface area contributed by atoms with Crippen LogP contribution in [0.1, 0.15) is 45.2 Å². The van der Waals surface area contributed by atoms with E-state index in [-0.39, 0.29) is 30.7 Å². The molecule has 0 saturated carbocycles. The Morgan fingerprint density at radius 1 is 1.27 bits per heavy atom. The van der Waals surface area contributed by atoms with E-state index in [9.17, 15) is 4.79 Å². The van der Waals surface area contributed by atoms with E-state index in [0.29, 0.717) is 18.4 Å². The van der Waals surface area contributed by atoms with Gasteiger partial charge in [0.05, 0.1) is 10.7 Å². The molecule has 1 aromatic carbocycles. The van der Waals surface area contributed by atoms with E-state index in [4.69, 9.17) is 5.73 Å². The molecule has 1 saturated heterocycles. The summed E-state index contributed by atoms with van der Waals surface area (Å²) in [6.45, 7) is 6.15. The molecule has 1 aliphatic heterocycles. The number of likely N-dealkylation sites (tertiary alicyclic amines) is 1. The van der Waals surface area contributed by atoms with Crippen molar-refractivity contribution in [2.45, 2.75) is 32.6 Å². The summed E-state index contributed by atoms with van der Waals surface area (Å²) in [6, 6.07) is 10.4. The molecule has 3 rings (SSSR count). The Balaban J connectivity index is 0.00000169. The van der Waals surface area contributed by atoms with Gasteiger partial charge in [0.2, 0.25) is 0 Å². The van der Waals surface area contributed by atoms with E-state index in [2.05, 4.69) is 36.2 Å². The number of carbonyl (C=O) groups excluding carboxylic acids is 1. The third-order valence-corrected chi connectivity index (χ3v) is 5.96. The van der Waals surface area contributed by atoms with Crippen molar-refractivity contribution in [2.75, 3.05) is 19.6 Å². The number of nitrogens with zero attached hydrogens (tertiary/aromatic N) is 2. The molecule has 0 spiro atoms. The molecule has 1 aromatic heterocycles. The van der Waals surface area contributed by atoms with E-state index in [1.807, 2.05) is 17.9 Å². The van der Waals surface area contributed by atoms with Gasteiger partial charge >= 0.3 is 0 Å². The van der Waals surface area contributed by atoms with Crippen LogP contribution in [-0.2, 0) is 6.42 Å². The fourth-order valence-electron chi connectivity index (χ4n) is 3.47. The fraction of sp³-hybridized carbons (Fsp3) is 0.474. The largest absolute Gasteiger partial charge is 0.337 e. The molecule has 1 amide bonds. The van der Waals surface area contributed by atoms with Crippen molar-refractivity contribution in [3.8, 4) is 0 Å². The molecular weight excluding hydrogens is 389 g/mol. The molecule has 4 nitrogen and oxygen atoms in total. The van der Waals surface area contributed by atoms with Crippen molar-refractivity contribution in [1.29, 1.82) is 0 Å². The smallest absolute Gasteiger partial charge is 0.265 e. The first-order valence-electron chi connectivity index (χ1n) is 8.64. The molecule has 1 fully saturated rings. The van der Waals surface area contributed by atoms with Crippen LogP contribution in [0.25, 0.3) is 0 Å². The van der Waals surface area contributed by atoms with Crippen LogP contribution >= 0.6 is 36.2 Å². The Morgan fingerprint density at radius 3 is 2.58 bits per heavy atom. The summed E-state index contributed by atoms with van der Waals surface area (Å²) < 4.78 is 0. The maximum absolute atomic E-state index is 13.0. The molecule has 2 N–H and O–H groups in total. The topological polar surface area (TPSA) is 59.2 Å². The van der Waals surface area contributed by atoms with Gasteiger partial charge in [-0.25, -0.2) is 4.98 Å². The Bertz CT molecular complexity index is 708. The maximum atomic E-state index is 13.0. The quantitative estimate of drug-likeness (QED) is 0.800. The average molecular weight is 416 g/mol. The second kappa shape index (κ2) is 10.3. The van der Waals surface area contributed by atoms with Crippen molar-refractivity contribution in [3.63, 3.8) is 0 Å². The zero-order chi connectivity index (χ0) is 17.1. The second-order valence-electron chi connectivity index (χ2n) is 6.50. The van der Waals surface area contributed by atoms with Crippen LogP contribution in [0.15, 0.2) is 30.3 Å². The first-order valence-corrected chi connectivity index (χ1v) is 9.46. The highest BCUT2D eigenvalue weighted by Gasteiger charge is 2.36. The number of hydrogen-bond donors (Lipinski definition) is 1. The number of thiazole rings is 1. The number of aromatic nitrogens is 1. The molecule has 0 aliphatic carbocycles. The van der Waals surface area contributed by atoms with Crippen LogP contribution in [0.4, 0.5) is 0 Å². The summed E-state index contributed by atoms with van der Waals surface area (Å²) in [4.78, 5) is 20.3. The van der Waals surface area contributed by atoms with Crippen LogP contribution in [0.5, 0.6) is 0 Å². The summed E-state index contributed by atoms with van der Waals surface area (Å²) >= 11 is 1.55. The third kappa shape index (κ3) is 4.77. The highest BCUT2D eigenvalue weighted by Crippen LogP contribution is 2.33. The number of hydrogen-bond acceptors (Lipinski definition) is 4. The monoisotopic (exact) mass is 415 g/mol. The first-order chi connectivity index (χ1) is 11.6. The molecule has 7 heteroatoms. The van der Waals surface area contributed by atoms with E-state index < -0.39 is 0 Å². The van der Waals surface area contributed by atoms with E-state index in [1.54, 1.807) is 11.3 Å². The van der Waals surface area contributed by atoms with Gasteiger partial charge in [0.25, 0.3) is 5.91 Å². The number of nitrogens with two attached hydrogens (primary N) is 1. The number of aryl methyl sites for hydroxylation is 2. The van der Waals surface area contributed by atoms with Crippen LogP contribution in [-0.4, -0.2) is 35.4 Å². The molecule has 0 radical (unpaired) electrons. The Hall–Kier alpha value is -1.14. The lowest BCUT2D eigenvalue weighted by Crippen LogP contribution is -2.29. The second-order valence-corrected chi connectivity index (χ2v) is 7.58. The minimum Gasteiger partial charge on any atom is -0.337 e. The number of benzene rings is 1. The van der Waals surface area contributed by atoms with Crippen molar-refractivity contribution < 1.29 is 4.79 Å². The summed E-state index contributed by atoms with van der Waals surface area (Å²) in [5.74, 6) is 0.757. The van der Waals surface area contributed by atoms with Crippen LogP contribution in [0, 0.1) is 12.8 Å². The van der Waals surface area contributed by atoms with Gasteiger partial charge in [0.15, 0.2) is 0 Å². The number of carbonyl (C=O) groups is 1. The summed E-state index contributed by atoms with van der Waals surface area (Å²) in [5, 5.41) is 1.06. The lowest BCUT2D eigenvalue weighted by Gasteiger charge is -2.16. The molecule has 2 aromatic rings. The lowest BCUT2D eigenvalue weighted by molar-refractivity contribution is 0.0790. The minimum atomic E-state index is 0. The SMILES string of the molecule is CCCc1nc(C)c(C(=O)N2C[C@@H](CN)[C@H](c3ccccc3)C2)s1.Cl.Cl. The molecule has 0 bridgehead atoms. The van der Waals surface area contributed by atoms with Crippen molar-refractivity contribution in [1.82, 2.24) is 9.88 Å². The normalized spacial score (nSPS) is 19.0. The lowest BCUT2D eigenvalue weighted by atomic mass is 9.89. The first kappa shape index (κ1) is 22.9. The maximum Gasteiger partial charge on any atom is 0.265 e. The zero-order valence-corrected chi connectivity index (χ0v) is 17.6. The molecule has 2 heterocycles. The van der Waals surface area contributed by atoms with Crippen LogP contribution in [0.2, 0.25) is 0 Å². The molecule has 0 unspecified atom stereocenters. The van der Waals surface area contributed by atoms with Gasteiger partial charge < -0.3 is 10.6 Å². The average Bonchev–Trinajstić information content (AvgIpc) is 3.19.